The summed E-state index contributed by atoms with van der Waals surface area (Å²) < 4.78 is 18.8. The minimum atomic E-state index is -0.326. The van der Waals surface area contributed by atoms with Gasteiger partial charge >= 0.3 is 0 Å². The van der Waals surface area contributed by atoms with Gasteiger partial charge in [-0.2, -0.15) is 0 Å². The number of amides is 1. The zero-order valence-corrected chi connectivity index (χ0v) is 18.7. The average Bonchev–Trinajstić information content (AvgIpc) is 3.30. The van der Waals surface area contributed by atoms with Gasteiger partial charge in [-0.1, -0.05) is 23.7 Å². The standard InChI is InChI=1S/C23H23ClFN3O2S/c1-15(13-28-6-8-30-9-7-28)27-23(29)20-11-17(21-12-26-14-31-21)10-19(22(20)24)16-2-4-18(25)5-3-16/h2-5,10-12,14-15H,6-9,13H2,1H3,(H,27,29). The molecule has 31 heavy (non-hydrogen) atoms. The van der Waals surface area contributed by atoms with Crippen LogP contribution in [0.15, 0.2) is 48.1 Å². The van der Waals surface area contributed by atoms with Gasteiger partial charge in [0, 0.05) is 37.4 Å². The van der Waals surface area contributed by atoms with Gasteiger partial charge in [0.25, 0.3) is 5.91 Å². The highest BCUT2D eigenvalue weighted by Gasteiger charge is 2.21. The van der Waals surface area contributed by atoms with E-state index in [9.17, 15) is 9.18 Å². The fraction of sp³-hybridized carbons (Fsp3) is 0.304. The van der Waals surface area contributed by atoms with Crippen molar-refractivity contribution in [1.82, 2.24) is 15.2 Å². The number of hydrogen-bond donors (Lipinski definition) is 1. The molecule has 4 rings (SSSR count). The first kappa shape index (κ1) is 21.9. The summed E-state index contributed by atoms with van der Waals surface area (Å²) in [4.78, 5) is 20.5. The third kappa shape index (κ3) is 5.30. The van der Waals surface area contributed by atoms with Gasteiger partial charge in [0.05, 0.1) is 34.2 Å². The van der Waals surface area contributed by atoms with Crippen LogP contribution in [0, 0.1) is 5.82 Å². The SMILES string of the molecule is CC(CN1CCOCC1)NC(=O)c1cc(-c2cncs2)cc(-c2ccc(F)cc2)c1Cl. The summed E-state index contributed by atoms with van der Waals surface area (Å²) in [6, 6.07) is 9.75. The lowest BCUT2D eigenvalue weighted by atomic mass is 9.98. The second-order valence-electron chi connectivity index (χ2n) is 7.55. The van der Waals surface area contributed by atoms with Gasteiger partial charge < -0.3 is 10.1 Å². The van der Waals surface area contributed by atoms with E-state index in [1.165, 1.54) is 23.5 Å². The number of nitrogens with one attached hydrogen (secondary N) is 1. The molecule has 0 radical (unpaired) electrons. The van der Waals surface area contributed by atoms with Crippen molar-refractivity contribution in [3.8, 4) is 21.6 Å². The number of ether oxygens (including phenoxy) is 1. The van der Waals surface area contributed by atoms with Crippen LogP contribution in [0.1, 0.15) is 17.3 Å². The summed E-state index contributed by atoms with van der Waals surface area (Å²) in [6.45, 7) is 5.86. The molecule has 0 saturated carbocycles. The van der Waals surface area contributed by atoms with E-state index in [0.29, 0.717) is 29.4 Å². The Labute approximate surface area is 189 Å². The van der Waals surface area contributed by atoms with Crippen molar-refractivity contribution >= 4 is 28.8 Å². The summed E-state index contributed by atoms with van der Waals surface area (Å²) in [5, 5.41) is 3.41. The molecule has 2 heterocycles. The second kappa shape index (κ2) is 9.87. The highest BCUT2D eigenvalue weighted by Crippen LogP contribution is 2.36. The lowest BCUT2D eigenvalue weighted by Crippen LogP contribution is -2.46. The van der Waals surface area contributed by atoms with Crippen LogP contribution < -0.4 is 5.32 Å². The zero-order chi connectivity index (χ0) is 21.8. The molecule has 0 aliphatic carbocycles. The highest BCUT2D eigenvalue weighted by molar-refractivity contribution is 7.13. The Morgan fingerprint density at radius 2 is 2.00 bits per heavy atom. The predicted octanol–water partition coefficient (Wildman–Crippen LogP) is 4.72. The second-order valence-corrected chi connectivity index (χ2v) is 8.81. The Balaban J connectivity index is 1.63. The molecule has 1 amide bonds. The molecule has 0 spiro atoms. The number of carbonyl (C=O) groups excluding carboxylic acids is 1. The zero-order valence-electron chi connectivity index (χ0n) is 17.1. The van der Waals surface area contributed by atoms with E-state index in [1.807, 2.05) is 13.0 Å². The van der Waals surface area contributed by atoms with Crippen molar-refractivity contribution in [3.63, 3.8) is 0 Å². The smallest absolute Gasteiger partial charge is 0.253 e. The number of nitrogens with zero attached hydrogens (tertiary/aromatic N) is 2. The van der Waals surface area contributed by atoms with Crippen molar-refractivity contribution in [2.45, 2.75) is 13.0 Å². The van der Waals surface area contributed by atoms with Crippen LogP contribution in [0.25, 0.3) is 21.6 Å². The van der Waals surface area contributed by atoms with Crippen LogP contribution in [0.3, 0.4) is 0 Å². The molecule has 3 aromatic rings. The largest absolute Gasteiger partial charge is 0.379 e. The first-order chi connectivity index (χ1) is 15.0. The van der Waals surface area contributed by atoms with Crippen molar-refractivity contribution in [3.05, 3.63) is 64.5 Å². The third-order valence-corrected chi connectivity index (χ3v) is 6.43. The molecule has 1 N–H and O–H groups in total. The first-order valence-corrected chi connectivity index (χ1v) is 11.4. The number of morpholine rings is 1. The molecule has 0 bridgehead atoms. The van der Waals surface area contributed by atoms with E-state index >= 15 is 0 Å². The molecule has 1 saturated heterocycles. The Morgan fingerprint density at radius 1 is 1.26 bits per heavy atom. The van der Waals surface area contributed by atoms with Crippen LogP contribution in [-0.2, 0) is 4.74 Å². The number of benzene rings is 2. The van der Waals surface area contributed by atoms with E-state index < -0.39 is 0 Å². The van der Waals surface area contributed by atoms with Crippen LogP contribution in [-0.4, -0.2) is 54.7 Å². The summed E-state index contributed by atoms with van der Waals surface area (Å²) in [6.07, 6.45) is 1.76. The van der Waals surface area contributed by atoms with Gasteiger partial charge in [-0.3, -0.25) is 14.7 Å². The normalized spacial score (nSPS) is 15.6. The fourth-order valence-corrected chi connectivity index (χ4v) is 4.56. The van der Waals surface area contributed by atoms with Crippen molar-refractivity contribution in [2.75, 3.05) is 32.8 Å². The topological polar surface area (TPSA) is 54.5 Å². The lowest BCUT2D eigenvalue weighted by Gasteiger charge is -2.29. The summed E-state index contributed by atoms with van der Waals surface area (Å²) in [7, 11) is 0. The monoisotopic (exact) mass is 459 g/mol. The maximum absolute atomic E-state index is 13.4. The van der Waals surface area contributed by atoms with Crippen molar-refractivity contribution in [1.29, 1.82) is 0 Å². The molecule has 1 aliphatic rings. The molecular weight excluding hydrogens is 437 g/mol. The number of halogens is 2. The van der Waals surface area contributed by atoms with Gasteiger partial charge in [-0.15, -0.1) is 11.3 Å². The van der Waals surface area contributed by atoms with Gasteiger partial charge in [0.15, 0.2) is 0 Å². The lowest BCUT2D eigenvalue weighted by molar-refractivity contribution is 0.0342. The van der Waals surface area contributed by atoms with Crippen LogP contribution in [0.2, 0.25) is 5.02 Å². The van der Waals surface area contributed by atoms with Gasteiger partial charge in [0.1, 0.15) is 5.82 Å². The van der Waals surface area contributed by atoms with E-state index in [2.05, 4.69) is 15.2 Å². The summed E-state index contributed by atoms with van der Waals surface area (Å²) in [5.74, 6) is -0.561. The van der Waals surface area contributed by atoms with E-state index in [4.69, 9.17) is 16.3 Å². The fourth-order valence-electron chi connectivity index (χ4n) is 3.65. The first-order valence-electron chi connectivity index (χ1n) is 10.1. The van der Waals surface area contributed by atoms with Gasteiger partial charge in [0.2, 0.25) is 0 Å². The molecule has 1 fully saturated rings. The number of thiazole rings is 1. The molecule has 8 heteroatoms. The summed E-state index contributed by atoms with van der Waals surface area (Å²) >= 11 is 8.17. The predicted molar refractivity (Wildman–Crippen MR) is 122 cm³/mol. The molecule has 162 valence electrons. The molecule has 1 unspecified atom stereocenters. The van der Waals surface area contributed by atoms with Crippen molar-refractivity contribution < 1.29 is 13.9 Å². The molecule has 1 atom stereocenters. The van der Waals surface area contributed by atoms with E-state index in [1.54, 1.807) is 29.9 Å². The summed E-state index contributed by atoms with van der Waals surface area (Å²) in [5.41, 5.74) is 4.40. The molecular formula is C23H23ClFN3O2S. The maximum atomic E-state index is 13.4. The van der Waals surface area contributed by atoms with E-state index in [-0.39, 0.29) is 17.8 Å². The van der Waals surface area contributed by atoms with E-state index in [0.717, 1.165) is 35.6 Å². The Bertz CT molecular complexity index is 1040. The molecule has 5 nitrogen and oxygen atoms in total. The molecule has 1 aromatic heterocycles. The Hall–Kier alpha value is -2.32. The number of aromatic nitrogens is 1. The number of hydrogen-bond acceptors (Lipinski definition) is 5. The van der Waals surface area contributed by atoms with Gasteiger partial charge in [-0.05, 0) is 42.3 Å². The Morgan fingerprint density at radius 3 is 2.68 bits per heavy atom. The average molecular weight is 460 g/mol. The van der Waals surface area contributed by atoms with Gasteiger partial charge in [-0.25, -0.2) is 4.39 Å². The van der Waals surface area contributed by atoms with Crippen LogP contribution in [0.5, 0.6) is 0 Å². The number of rotatable bonds is 6. The van der Waals surface area contributed by atoms with Crippen LogP contribution in [0.4, 0.5) is 4.39 Å². The molecule has 2 aromatic carbocycles. The molecule has 1 aliphatic heterocycles. The minimum absolute atomic E-state index is 0.0528. The quantitative estimate of drug-likeness (QED) is 0.579. The number of carbonyl (C=O) groups is 1. The highest BCUT2D eigenvalue weighted by atomic mass is 35.5. The van der Waals surface area contributed by atoms with Crippen molar-refractivity contribution in [2.24, 2.45) is 0 Å². The third-order valence-electron chi connectivity index (χ3n) is 5.20. The maximum Gasteiger partial charge on any atom is 0.253 e. The Kier molecular flexibility index (Phi) is 6.97. The van der Waals surface area contributed by atoms with Crippen LogP contribution >= 0.6 is 22.9 Å². The minimum Gasteiger partial charge on any atom is -0.379 e.